The van der Waals surface area contributed by atoms with Crippen molar-refractivity contribution in [2.24, 2.45) is 0 Å². The normalized spacial score (nSPS) is 12.3. The molecule has 1 heterocycles. The van der Waals surface area contributed by atoms with Crippen molar-refractivity contribution >= 4 is 11.8 Å². The van der Waals surface area contributed by atoms with Gasteiger partial charge in [0, 0.05) is 12.2 Å². The van der Waals surface area contributed by atoms with E-state index in [0.29, 0.717) is 11.4 Å². The molecule has 0 radical (unpaired) electrons. The molecule has 0 bridgehead atoms. The highest BCUT2D eigenvalue weighted by Crippen LogP contribution is 2.14. The van der Waals surface area contributed by atoms with Crippen molar-refractivity contribution in [1.82, 2.24) is 4.98 Å². The maximum atomic E-state index is 11.8. The Morgan fingerprint density at radius 2 is 2.24 bits per heavy atom. The van der Waals surface area contributed by atoms with Gasteiger partial charge in [0.2, 0.25) is 0 Å². The zero-order valence-electron chi connectivity index (χ0n) is 10.3. The van der Waals surface area contributed by atoms with E-state index in [0.717, 1.165) is 0 Å². The lowest BCUT2D eigenvalue weighted by molar-refractivity contribution is 0.0378. The lowest BCUT2D eigenvalue weighted by Crippen LogP contribution is -2.22. The fraction of sp³-hybridized carbons (Fsp3) is 0.500. The van der Waals surface area contributed by atoms with Gasteiger partial charge in [-0.1, -0.05) is 0 Å². The van der Waals surface area contributed by atoms with Crippen molar-refractivity contribution in [3.05, 3.63) is 23.9 Å². The van der Waals surface area contributed by atoms with Crippen LogP contribution >= 0.6 is 0 Å². The molecule has 0 saturated carbocycles. The van der Waals surface area contributed by atoms with E-state index >= 15 is 0 Å². The van der Waals surface area contributed by atoms with Crippen LogP contribution in [0.3, 0.4) is 0 Å². The minimum atomic E-state index is -0.416. The van der Waals surface area contributed by atoms with E-state index < -0.39 is 5.97 Å². The van der Waals surface area contributed by atoms with Crippen molar-refractivity contribution in [2.45, 2.75) is 32.9 Å². The summed E-state index contributed by atoms with van der Waals surface area (Å²) in [6.07, 6.45) is 1.41. The number of hydrogen-bond donors (Lipinski definition) is 2. The number of aliphatic hydroxyl groups excluding tert-OH is 1. The number of anilines is 1. The quantitative estimate of drug-likeness (QED) is 0.759. The first-order chi connectivity index (χ1) is 8.04. The van der Waals surface area contributed by atoms with Gasteiger partial charge in [-0.3, -0.25) is 0 Å². The maximum Gasteiger partial charge on any atom is 0.342 e. The average Bonchev–Trinajstić information content (AvgIpc) is 2.28. The standard InChI is InChI=1S/C12H18N2O3/c1-8(2)17-12(16)10-5-4-6-13-11(10)14-9(3)7-15/h4-6,8-9,15H,7H2,1-3H3,(H,13,14)/t9-/m1/s1. The number of hydrogen-bond acceptors (Lipinski definition) is 5. The zero-order chi connectivity index (χ0) is 12.8. The first-order valence-electron chi connectivity index (χ1n) is 5.58. The van der Waals surface area contributed by atoms with Gasteiger partial charge < -0.3 is 15.2 Å². The van der Waals surface area contributed by atoms with E-state index in [-0.39, 0.29) is 18.8 Å². The number of rotatable bonds is 5. The van der Waals surface area contributed by atoms with Crippen LogP contribution in [0.15, 0.2) is 18.3 Å². The van der Waals surface area contributed by atoms with Gasteiger partial charge in [0.1, 0.15) is 11.4 Å². The molecule has 2 N–H and O–H groups in total. The highest BCUT2D eigenvalue weighted by molar-refractivity contribution is 5.94. The third-order valence-corrected chi connectivity index (χ3v) is 2.03. The van der Waals surface area contributed by atoms with E-state index in [1.807, 2.05) is 0 Å². The third-order valence-electron chi connectivity index (χ3n) is 2.03. The molecule has 0 aliphatic rings. The summed E-state index contributed by atoms with van der Waals surface area (Å²) >= 11 is 0. The first-order valence-corrected chi connectivity index (χ1v) is 5.58. The number of pyridine rings is 1. The van der Waals surface area contributed by atoms with Gasteiger partial charge in [0.15, 0.2) is 0 Å². The number of ether oxygens (including phenoxy) is 1. The summed E-state index contributed by atoms with van der Waals surface area (Å²) in [6, 6.07) is 3.14. The van der Waals surface area contributed by atoms with E-state index in [9.17, 15) is 4.79 Å². The maximum absolute atomic E-state index is 11.8. The van der Waals surface area contributed by atoms with Crippen LogP contribution in [0.25, 0.3) is 0 Å². The van der Waals surface area contributed by atoms with E-state index in [4.69, 9.17) is 9.84 Å². The largest absolute Gasteiger partial charge is 0.459 e. The topological polar surface area (TPSA) is 71.5 Å². The van der Waals surface area contributed by atoms with Gasteiger partial charge in [-0.25, -0.2) is 9.78 Å². The van der Waals surface area contributed by atoms with Crippen LogP contribution in [0.2, 0.25) is 0 Å². The van der Waals surface area contributed by atoms with Crippen LogP contribution in [0, 0.1) is 0 Å². The molecule has 0 fully saturated rings. The molecule has 0 aliphatic carbocycles. The Labute approximate surface area is 101 Å². The van der Waals surface area contributed by atoms with Crippen molar-refractivity contribution in [3.63, 3.8) is 0 Å². The summed E-state index contributed by atoms with van der Waals surface area (Å²) in [4.78, 5) is 15.9. The van der Waals surface area contributed by atoms with Crippen LogP contribution in [0.5, 0.6) is 0 Å². The number of nitrogens with zero attached hydrogens (tertiary/aromatic N) is 1. The Balaban J connectivity index is 2.87. The summed E-state index contributed by atoms with van der Waals surface area (Å²) < 4.78 is 5.11. The molecule has 0 aliphatic heterocycles. The molecule has 1 atom stereocenters. The molecule has 5 nitrogen and oxygen atoms in total. The fourth-order valence-corrected chi connectivity index (χ4v) is 1.24. The van der Waals surface area contributed by atoms with Crippen molar-refractivity contribution in [1.29, 1.82) is 0 Å². The van der Waals surface area contributed by atoms with Gasteiger partial charge >= 0.3 is 5.97 Å². The fourth-order valence-electron chi connectivity index (χ4n) is 1.24. The lowest BCUT2D eigenvalue weighted by atomic mass is 10.2. The van der Waals surface area contributed by atoms with Gasteiger partial charge in [0.05, 0.1) is 12.7 Å². The summed E-state index contributed by atoms with van der Waals surface area (Å²) in [5.74, 6) is 0.0143. The molecular weight excluding hydrogens is 220 g/mol. The molecule has 94 valence electrons. The molecule has 1 aromatic heterocycles. The Morgan fingerprint density at radius 3 is 2.82 bits per heavy atom. The molecule has 0 amide bonds. The second-order valence-electron chi connectivity index (χ2n) is 4.08. The summed E-state index contributed by atoms with van der Waals surface area (Å²) in [5.41, 5.74) is 0.376. The van der Waals surface area contributed by atoms with Gasteiger partial charge in [0.25, 0.3) is 0 Å². The van der Waals surface area contributed by atoms with E-state index in [1.54, 1.807) is 39.1 Å². The van der Waals surface area contributed by atoms with Gasteiger partial charge in [-0.15, -0.1) is 0 Å². The molecule has 0 unspecified atom stereocenters. The molecule has 0 aromatic carbocycles. The number of esters is 1. The first kappa shape index (κ1) is 13.4. The van der Waals surface area contributed by atoms with Gasteiger partial charge in [-0.2, -0.15) is 0 Å². The molecular formula is C12H18N2O3. The predicted octanol–water partition coefficient (Wildman–Crippen LogP) is 1.44. The van der Waals surface area contributed by atoms with Crippen molar-refractivity contribution in [2.75, 3.05) is 11.9 Å². The second-order valence-corrected chi connectivity index (χ2v) is 4.08. The monoisotopic (exact) mass is 238 g/mol. The van der Waals surface area contributed by atoms with E-state index in [1.165, 1.54) is 0 Å². The number of carbonyl (C=O) groups excluding carboxylic acids is 1. The summed E-state index contributed by atoms with van der Waals surface area (Å²) in [5, 5.41) is 11.9. The number of carbonyl (C=O) groups is 1. The third kappa shape index (κ3) is 4.03. The lowest BCUT2D eigenvalue weighted by Gasteiger charge is -2.15. The Kier molecular flexibility index (Phi) is 4.90. The van der Waals surface area contributed by atoms with Crippen molar-refractivity contribution in [3.8, 4) is 0 Å². The number of nitrogens with one attached hydrogen (secondary N) is 1. The number of aromatic nitrogens is 1. The van der Waals surface area contributed by atoms with Crippen LogP contribution in [-0.2, 0) is 4.74 Å². The van der Waals surface area contributed by atoms with Crippen LogP contribution in [0.1, 0.15) is 31.1 Å². The average molecular weight is 238 g/mol. The van der Waals surface area contributed by atoms with Crippen LogP contribution in [-0.4, -0.2) is 34.8 Å². The molecule has 5 heteroatoms. The minimum Gasteiger partial charge on any atom is -0.459 e. The number of aliphatic hydroxyl groups is 1. The molecule has 1 rings (SSSR count). The van der Waals surface area contributed by atoms with Crippen LogP contribution in [0.4, 0.5) is 5.82 Å². The highest BCUT2D eigenvalue weighted by Gasteiger charge is 2.15. The Hall–Kier alpha value is -1.62. The second kappa shape index (κ2) is 6.20. The highest BCUT2D eigenvalue weighted by atomic mass is 16.5. The Bertz CT molecular complexity index is 380. The smallest absolute Gasteiger partial charge is 0.342 e. The van der Waals surface area contributed by atoms with Gasteiger partial charge in [-0.05, 0) is 32.9 Å². The summed E-state index contributed by atoms with van der Waals surface area (Å²) in [6.45, 7) is 5.34. The SMILES string of the molecule is CC(C)OC(=O)c1cccnc1N[C@H](C)CO. The van der Waals surface area contributed by atoms with Crippen LogP contribution < -0.4 is 5.32 Å². The molecule has 0 spiro atoms. The van der Waals surface area contributed by atoms with E-state index in [2.05, 4.69) is 10.3 Å². The minimum absolute atomic E-state index is 0.0325. The molecule has 0 saturated heterocycles. The zero-order valence-corrected chi connectivity index (χ0v) is 10.3. The molecule has 1 aromatic rings. The summed E-state index contributed by atoms with van der Waals surface area (Å²) in [7, 11) is 0. The molecule has 17 heavy (non-hydrogen) atoms. The predicted molar refractivity (Wildman–Crippen MR) is 65.0 cm³/mol. The Morgan fingerprint density at radius 1 is 1.53 bits per heavy atom. The van der Waals surface area contributed by atoms with Crippen molar-refractivity contribution < 1.29 is 14.6 Å².